The molecule has 0 saturated heterocycles. The number of carbonyl (C=O) groups excluding carboxylic acids is 2. The minimum absolute atomic E-state index is 0.0339. The first-order valence-corrected chi connectivity index (χ1v) is 11.2. The van der Waals surface area contributed by atoms with Crippen molar-refractivity contribution in [1.29, 1.82) is 0 Å². The molecule has 0 aromatic rings. The van der Waals surface area contributed by atoms with Gasteiger partial charge in [0.15, 0.2) is 11.6 Å². The Hall–Kier alpha value is -1.38. The average Bonchev–Trinajstić information content (AvgIpc) is 2.67. The maximum absolute atomic E-state index is 12.1. The van der Waals surface area contributed by atoms with Crippen molar-refractivity contribution in [2.24, 2.45) is 0 Å². The molecule has 0 fully saturated rings. The van der Waals surface area contributed by atoms with E-state index < -0.39 is 0 Å². The van der Waals surface area contributed by atoms with Crippen molar-refractivity contribution >= 4 is 11.6 Å². The Balaban J connectivity index is 3.88. The molecule has 0 spiro atoms. The predicted octanol–water partition coefficient (Wildman–Crippen LogP) is 7.40. The number of carbonyl (C=O) groups is 2. The molecule has 0 bridgehead atoms. The van der Waals surface area contributed by atoms with Gasteiger partial charge in [-0.2, -0.15) is 0 Å². The fourth-order valence-corrected chi connectivity index (χ4v) is 3.12. The number of hydrogen-bond donors (Lipinski definition) is 1. The van der Waals surface area contributed by atoms with Gasteiger partial charge < -0.3 is 5.11 Å². The lowest BCUT2D eigenvalue weighted by molar-refractivity contribution is -0.115. The summed E-state index contributed by atoms with van der Waals surface area (Å²) in [6.45, 7) is 4.41. The van der Waals surface area contributed by atoms with E-state index in [9.17, 15) is 14.7 Å². The van der Waals surface area contributed by atoms with Crippen LogP contribution in [-0.4, -0.2) is 16.7 Å². The predicted molar refractivity (Wildman–Crippen MR) is 115 cm³/mol. The van der Waals surface area contributed by atoms with E-state index in [4.69, 9.17) is 0 Å². The van der Waals surface area contributed by atoms with Crippen molar-refractivity contribution in [3.63, 3.8) is 0 Å². The van der Waals surface area contributed by atoms with Gasteiger partial charge in [-0.05, 0) is 25.0 Å². The molecule has 3 nitrogen and oxygen atoms in total. The van der Waals surface area contributed by atoms with E-state index in [1.165, 1.54) is 69.9 Å². The summed E-state index contributed by atoms with van der Waals surface area (Å²) in [5.74, 6) is -0.0438. The van der Waals surface area contributed by atoms with Gasteiger partial charge in [-0.25, -0.2) is 0 Å². The van der Waals surface area contributed by atoms with Crippen LogP contribution in [0.5, 0.6) is 0 Å². The van der Waals surface area contributed by atoms with Gasteiger partial charge in [0.2, 0.25) is 0 Å². The highest BCUT2D eigenvalue weighted by atomic mass is 16.2. The third kappa shape index (κ3) is 16.5. The Bertz CT molecular complexity index is 435. The quantitative estimate of drug-likeness (QED) is 0.110. The summed E-state index contributed by atoms with van der Waals surface area (Å²) >= 11 is 0. The fourth-order valence-electron chi connectivity index (χ4n) is 3.12. The van der Waals surface area contributed by atoms with E-state index in [1.54, 1.807) is 0 Å². The molecule has 0 atom stereocenters. The molecule has 0 saturated carbocycles. The first kappa shape index (κ1) is 25.6. The molecule has 0 unspecified atom stereocenters. The first-order chi connectivity index (χ1) is 13.2. The lowest BCUT2D eigenvalue weighted by atomic mass is 10.0. The molecule has 0 radical (unpaired) electrons. The Morgan fingerprint density at radius 2 is 1.07 bits per heavy atom. The Kier molecular flexibility index (Phi) is 18.4. The number of aliphatic hydroxyl groups is 1. The molecule has 0 aromatic carbocycles. The van der Waals surface area contributed by atoms with E-state index in [2.05, 4.69) is 13.8 Å². The number of ketones is 2. The van der Waals surface area contributed by atoms with Gasteiger partial charge in [-0.3, -0.25) is 9.59 Å². The molecular formula is C24H42O3. The van der Waals surface area contributed by atoms with Crippen molar-refractivity contribution in [3.8, 4) is 0 Å². The van der Waals surface area contributed by atoms with Gasteiger partial charge in [-0.15, -0.1) is 0 Å². The molecule has 0 aliphatic rings. The standard InChI is InChI=1S/C24H42O3/c1-3-5-7-9-11-13-15-17-23(26)20-19-22(21-25)24(27)18-16-14-12-10-8-6-4-2/h19-21,25H,3-18H2,1-2H3/b20-19+,22-21-. The second-order valence-corrected chi connectivity index (χ2v) is 7.55. The molecule has 1 N–H and O–H groups in total. The van der Waals surface area contributed by atoms with Crippen LogP contribution in [0.2, 0.25) is 0 Å². The first-order valence-electron chi connectivity index (χ1n) is 11.2. The molecule has 0 aliphatic heterocycles. The second kappa shape index (κ2) is 19.4. The topological polar surface area (TPSA) is 54.4 Å². The SMILES string of the molecule is CCCCCCCCCC(=O)/C=C/C(=C/O)C(=O)CCCCCCCCC. The maximum atomic E-state index is 12.1. The molecule has 0 amide bonds. The highest BCUT2D eigenvalue weighted by molar-refractivity contribution is 5.99. The van der Waals surface area contributed by atoms with Crippen molar-refractivity contribution in [1.82, 2.24) is 0 Å². The van der Waals surface area contributed by atoms with E-state index in [-0.39, 0.29) is 17.1 Å². The summed E-state index contributed by atoms with van der Waals surface area (Å²) in [4.78, 5) is 24.0. The van der Waals surface area contributed by atoms with Crippen molar-refractivity contribution < 1.29 is 14.7 Å². The second-order valence-electron chi connectivity index (χ2n) is 7.55. The van der Waals surface area contributed by atoms with Crippen LogP contribution in [0.3, 0.4) is 0 Å². The van der Waals surface area contributed by atoms with Crippen molar-refractivity contribution in [2.45, 2.75) is 117 Å². The lowest BCUT2D eigenvalue weighted by Crippen LogP contribution is -2.02. The molecule has 0 heterocycles. The fraction of sp³-hybridized carbons (Fsp3) is 0.750. The zero-order valence-corrected chi connectivity index (χ0v) is 17.8. The van der Waals surface area contributed by atoms with Crippen LogP contribution in [-0.2, 0) is 9.59 Å². The molecule has 27 heavy (non-hydrogen) atoms. The monoisotopic (exact) mass is 378 g/mol. The van der Waals surface area contributed by atoms with Crippen LogP contribution in [0.4, 0.5) is 0 Å². The van der Waals surface area contributed by atoms with Crippen LogP contribution in [0.1, 0.15) is 117 Å². The molecule has 156 valence electrons. The van der Waals surface area contributed by atoms with Crippen molar-refractivity contribution in [3.05, 3.63) is 24.0 Å². The lowest BCUT2D eigenvalue weighted by Gasteiger charge is -2.02. The smallest absolute Gasteiger partial charge is 0.165 e. The van der Waals surface area contributed by atoms with Gasteiger partial charge in [0.1, 0.15) is 0 Å². The van der Waals surface area contributed by atoms with Crippen LogP contribution in [0.25, 0.3) is 0 Å². The van der Waals surface area contributed by atoms with Gasteiger partial charge >= 0.3 is 0 Å². The number of allylic oxidation sites excluding steroid dienone is 3. The third-order valence-electron chi connectivity index (χ3n) is 4.94. The normalized spacial score (nSPS) is 12.0. The molecule has 0 rings (SSSR count). The molecular weight excluding hydrogens is 336 g/mol. The number of Topliss-reactive ketones (excluding diaryl/α,β-unsaturated/α-hetero) is 1. The number of hydrogen-bond acceptors (Lipinski definition) is 3. The Labute approximate surface area is 167 Å². The largest absolute Gasteiger partial charge is 0.515 e. The van der Waals surface area contributed by atoms with E-state index in [0.717, 1.165) is 38.4 Å². The number of aliphatic hydroxyl groups excluding tert-OH is 1. The van der Waals surface area contributed by atoms with E-state index in [1.807, 2.05) is 0 Å². The van der Waals surface area contributed by atoms with E-state index >= 15 is 0 Å². The summed E-state index contributed by atoms with van der Waals surface area (Å²) < 4.78 is 0. The third-order valence-corrected chi connectivity index (χ3v) is 4.94. The van der Waals surface area contributed by atoms with Gasteiger partial charge in [0.05, 0.1) is 11.8 Å². The molecule has 0 aliphatic carbocycles. The molecule has 0 aromatic heterocycles. The van der Waals surface area contributed by atoms with Crippen LogP contribution in [0.15, 0.2) is 24.0 Å². The Morgan fingerprint density at radius 3 is 1.56 bits per heavy atom. The zero-order chi connectivity index (χ0) is 20.2. The number of unbranched alkanes of at least 4 members (excludes halogenated alkanes) is 12. The summed E-state index contributed by atoms with van der Waals surface area (Å²) in [6, 6.07) is 0. The number of rotatable bonds is 19. The maximum Gasteiger partial charge on any atom is 0.165 e. The van der Waals surface area contributed by atoms with Crippen LogP contribution < -0.4 is 0 Å². The van der Waals surface area contributed by atoms with Gasteiger partial charge in [0, 0.05) is 12.8 Å². The highest BCUT2D eigenvalue weighted by Crippen LogP contribution is 2.12. The summed E-state index contributed by atoms with van der Waals surface area (Å²) in [5, 5.41) is 9.28. The van der Waals surface area contributed by atoms with E-state index in [0.29, 0.717) is 12.8 Å². The summed E-state index contributed by atoms with van der Waals surface area (Å²) in [6.07, 6.45) is 21.1. The van der Waals surface area contributed by atoms with Crippen LogP contribution >= 0.6 is 0 Å². The minimum atomic E-state index is -0.0777. The zero-order valence-electron chi connectivity index (χ0n) is 17.8. The van der Waals surface area contributed by atoms with Gasteiger partial charge in [0.25, 0.3) is 0 Å². The summed E-state index contributed by atoms with van der Waals surface area (Å²) in [5.41, 5.74) is 0.244. The molecule has 3 heteroatoms. The summed E-state index contributed by atoms with van der Waals surface area (Å²) in [7, 11) is 0. The van der Waals surface area contributed by atoms with Crippen molar-refractivity contribution in [2.75, 3.05) is 0 Å². The minimum Gasteiger partial charge on any atom is -0.515 e. The Morgan fingerprint density at radius 1 is 0.630 bits per heavy atom. The van der Waals surface area contributed by atoms with Gasteiger partial charge in [-0.1, -0.05) is 90.9 Å². The average molecular weight is 379 g/mol. The van der Waals surface area contributed by atoms with Crippen LogP contribution in [0, 0.1) is 0 Å². The highest BCUT2D eigenvalue weighted by Gasteiger charge is 2.07.